The van der Waals surface area contributed by atoms with Crippen LogP contribution < -0.4 is 14.8 Å². The fraction of sp³-hybridized carbons (Fsp3) is 0.419. The van der Waals surface area contributed by atoms with Gasteiger partial charge in [0.25, 0.3) is 5.69 Å². The highest BCUT2D eigenvalue weighted by atomic mass is 16.6. The molecule has 9 heteroatoms. The third-order valence-electron chi connectivity index (χ3n) is 8.25. The van der Waals surface area contributed by atoms with Crippen molar-refractivity contribution in [2.24, 2.45) is 5.92 Å². The summed E-state index contributed by atoms with van der Waals surface area (Å²) in [5, 5.41) is 14.9. The number of benzene rings is 2. The monoisotopic (exact) mass is 546 g/mol. The molecule has 0 saturated heterocycles. The molecule has 0 amide bonds. The maximum Gasteiger partial charge on any atom is 0.316 e. The zero-order valence-electron chi connectivity index (χ0n) is 22.8. The van der Waals surface area contributed by atoms with Crippen LogP contribution in [0.1, 0.15) is 67.9 Å². The van der Waals surface area contributed by atoms with E-state index in [2.05, 4.69) is 11.9 Å². The zero-order chi connectivity index (χ0) is 28.4. The molecule has 2 aromatic carbocycles. The minimum Gasteiger partial charge on any atom is -0.493 e. The Bertz CT molecular complexity index is 1380. The lowest BCUT2D eigenvalue weighted by Crippen LogP contribution is -2.43. The van der Waals surface area contributed by atoms with E-state index < -0.39 is 22.7 Å². The van der Waals surface area contributed by atoms with Crippen LogP contribution in [0.25, 0.3) is 0 Å². The van der Waals surface area contributed by atoms with Crippen LogP contribution in [0.5, 0.6) is 11.5 Å². The van der Waals surface area contributed by atoms with Crippen molar-refractivity contribution in [1.82, 2.24) is 5.32 Å². The van der Waals surface area contributed by atoms with Gasteiger partial charge in [-0.2, -0.15) is 0 Å². The predicted molar refractivity (Wildman–Crippen MR) is 148 cm³/mol. The van der Waals surface area contributed by atoms with Gasteiger partial charge in [0.15, 0.2) is 17.3 Å². The number of nitrogens with zero attached hydrogens (tertiary/aromatic N) is 1. The fourth-order valence-electron chi connectivity index (χ4n) is 6.28. The number of Topliss-reactive ketones (excluding diaryl/α,β-unsaturated/α-hetero) is 1. The van der Waals surface area contributed by atoms with Gasteiger partial charge >= 0.3 is 5.97 Å². The summed E-state index contributed by atoms with van der Waals surface area (Å²) in [6.07, 6.45) is 5.28. The summed E-state index contributed by atoms with van der Waals surface area (Å²) in [6.45, 7) is 4.18. The lowest BCUT2D eigenvalue weighted by molar-refractivity contribution is -0.384. The van der Waals surface area contributed by atoms with Crippen LogP contribution in [0.4, 0.5) is 5.69 Å². The van der Waals surface area contributed by atoms with Gasteiger partial charge in [0.1, 0.15) is 12.0 Å². The molecule has 3 unspecified atom stereocenters. The Hall–Kier alpha value is -4.14. The normalized spacial score (nSPS) is 23.2. The van der Waals surface area contributed by atoms with Crippen LogP contribution in [0.15, 0.2) is 66.0 Å². The van der Waals surface area contributed by atoms with E-state index in [4.69, 9.17) is 14.2 Å². The number of non-ortho nitro benzene ring substituents is 1. The van der Waals surface area contributed by atoms with E-state index in [1.807, 2.05) is 18.2 Å². The number of ether oxygens (including phenoxy) is 3. The molecule has 1 heterocycles. The number of carbonyl (C=O) groups is 2. The Balaban J connectivity index is 1.54. The van der Waals surface area contributed by atoms with Gasteiger partial charge in [-0.25, -0.2) is 0 Å². The quantitative estimate of drug-likeness (QED) is 0.267. The Morgan fingerprint density at radius 3 is 2.45 bits per heavy atom. The fourth-order valence-corrected chi connectivity index (χ4v) is 6.28. The molecule has 210 valence electrons. The van der Waals surface area contributed by atoms with E-state index in [0.717, 1.165) is 37.7 Å². The second-order valence-electron chi connectivity index (χ2n) is 10.7. The lowest BCUT2D eigenvalue weighted by Gasteiger charge is -2.40. The SMILES string of the molecule is C=C1NC2=C(C(=O)CC(c3ccc(OC)c(OC)c3)C2)C(c2cccc([N+](=O)[O-])c2)C1C(=O)OC1CCCCC1. The largest absolute Gasteiger partial charge is 0.493 e. The van der Waals surface area contributed by atoms with Gasteiger partial charge < -0.3 is 19.5 Å². The number of nitro groups is 1. The second-order valence-corrected chi connectivity index (χ2v) is 10.7. The summed E-state index contributed by atoms with van der Waals surface area (Å²) in [5.74, 6) is -1.16. The van der Waals surface area contributed by atoms with E-state index in [1.165, 1.54) is 12.1 Å². The number of hydrogen-bond donors (Lipinski definition) is 1. The van der Waals surface area contributed by atoms with Gasteiger partial charge in [0.2, 0.25) is 0 Å². The van der Waals surface area contributed by atoms with Crippen molar-refractivity contribution in [3.8, 4) is 11.5 Å². The molecule has 0 bridgehead atoms. The van der Waals surface area contributed by atoms with Crippen molar-refractivity contribution < 1.29 is 28.7 Å². The number of rotatable bonds is 7. The van der Waals surface area contributed by atoms with Gasteiger partial charge in [-0.1, -0.05) is 31.2 Å². The first-order valence-electron chi connectivity index (χ1n) is 13.7. The molecule has 3 atom stereocenters. The summed E-state index contributed by atoms with van der Waals surface area (Å²) in [5.41, 5.74) is 2.92. The number of carbonyl (C=O) groups excluding carboxylic acids is 2. The van der Waals surface area contributed by atoms with Crippen LogP contribution in [0.2, 0.25) is 0 Å². The Morgan fingerprint density at radius 2 is 1.75 bits per heavy atom. The van der Waals surface area contributed by atoms with E-state index in [0.29, 0.717) is 40.5 Å². The van der Waals surface area contributed by atoms with E-state index in [9.17, 15) is 19.7 Å². The maximum absolute atomic E-state index is 13.9. The minimum atomic E-state index is -0.885. The van der Waals surface area contributed by atoms with Crippen molar-refractivity contribution >= 4 is 17.4 Å². The molecule has 40 heavy (non-hydrogen) atoms. The van der Waals surface area contributed by atoms with E-state index in [-0.39, 0.29) is 29.9 Å². The first-order valence-corrected chi connectivity index (χ1v) is 13.7. The third-order valence-corrected chi connectivity index (χ3v) is 8.25. The lowest BCUT2D eigenvalue weighted by atomic mass is 9.69. The molecular formula is C31H34N2O7. The number of nitrogens with one attached hydrogen (secondary N) is 1. The average molecular weight is 547 g/mol. The van der Waals surface area contributed by atoms with Crippen molar-refractivity contribution in [1.29, 1.82) is 0 Å². The zero-order valence-corrected chi connectivity index (χ0v) is 22.8. The van der Waals surface area contributed by atoms with Crippen LogP contribution in [0.3, 0.4) is 0 Å². The van der Waals surface area contributed by atoms with Gasteiger partial charge in [-0.3, -0.25) is 19.7 Å². The topological polar surface area (TPSA) is 117 Å². The van der Waals surface area contributed by atoms with Gasteiger partial charge in [-0.05, 0) is 61.3 Å². The molecule has 1 aliphatic heterocycles. The first-order chi connectivity index (χ1) is 19.3. The summed E-state index contributed by atoms with van der Waals surface area (Å²) in [4.78, 5) is 38.7. The molecule has 1 saturated carbocycles. The number of ketones is 1. The van der Waals surface area contributed by atoms with Crippen LogP contribution in [-0.2, 0) is 14.3 Å². The molecule has 5 rings (SSSR count). The summed E-state index contributed by atoms with van der Waals surface area (Å²) < 4.78 is 16.8. The Kier molecular flexibility index (Phi) is 7.91. The van der Waals surface area contributed by atoms with E-state index >= 15 is 0 Å². The predicted octanol–water partition coefficient (Wildman–Crippen LogP) is 5.71. The van der Waals surface area contributed by atoms with Gasteiger partial charge in [-0.15, -0.1) is 0 Å². The minimum absolute atomic E-state index is 0.102. The van der Waals surface area contributed by atoms with Crippen LogP contribution in [0, 0.1) is 16.0 Å². The average Bonchev–Trinajstić information content (AvgIpc) is 2.96. The number of allylic oxidation sites excluding steroid dienone is 2. The molecule has 0 aromatic heterocycles. The standard InChI is InChI=1S/C31H34N2O7/c1-18-28(31(35)40-23-10-5-4-6-11-23)29(20-8-7-9-22(14-20)33(36)37)30-24(32-18)15-21(16-25(30)34)19-12-13-26(38-2)27(17-19)39-3/h7-9,12-14,17,21,23,28-29,32H,1,4-6,10-11,15-16H2,2-3H3. The molecule has 3 aliphatic rings. The number of methoxy groups -OCH3 is 2. The van der Waals surface area contributed by atoms with Gasteiger partial charge in [0.05, 0.1) is 19.1 Å². The molecular weight excluding hydrogens is 512 g/mol. The van der Waals surface area contributed by atoms with Crippen molar-refractivity contribution in [2.45, 2.75) is 62.9 Å². The van der Waals surface area contributed by atoms with E-state index in [1.54, 1.807) is 26.4 Å². The first kappa shape index (κ1) is 27.4. The summed E-state index contributed by atoms with van der Waals surface area (Å²) in [7, 11) is 3.14. The van der Waals surface area contributed by atoms with Gasteiger partial charge in [0, 0.05) is 41.4 Å². The third kappa shape index (κ3) is 5.33. The molecule has 2 aromatic rings. The Morgan fingerprint density at radius 1 is 1.00 bits per heavy atom. The molecule has 9 nitrogen and oxygen atoms in total. The molecule has 1 fully saturated rings. The summed E-state index contributed by atoms with van der Waals surface area (Å²) in [6, 6.07) is 11.8. The van der Waals surface area contributed by atoms with Crippen molar-refractivity contribution in [3.63, 3.8) is 0 Å². The summed E-state index contributed by atoms with van der Waals surface area (Å²) >= 11 is 0. The molecule has 0 radical (unpaired) electrons. The van der Waals surface area contributed by atoms with Crippen molar-refractivity contribution in [3.05, 3.63) is 87.3 Å². The maximum atomic E-state index is 13.9. The number of esters is 1. The molecule has 2 aliphatic carbocycles. The smallest absolute Gasteiger partial charge is 0.316 e. The second kappa shape index (κ2) is 11.5. The number of hydrogen-bond acceptors (Lipinski definition) is 8. The molecule has 0 spiro atoms. The highest BCUT2D eigenvalue weighted by Gasteiger charge is 2.46. The highest BCUT2D eigenvalue weighted by molar-refractivity contribution is 6.01. The van der Waals surface area contributed by atoms with Crippen LogP contribution >= 0.6 is 0 Å². The van der Waals surface area contributed by atoms with Crippen molar-refractivity contribution in [2.75, 3.05) is 14.2 Å². The number of nitro benzene ring substituents is 1. The molecule has 1 N–H and O–H groups in total. The Labute approximate surface area is 233 Å². The highest BCUT2D eigenvalue weighted by Crippen LogP contribution is 2.48. The van der Waals surface area contributed by atoms with Crippen LogP contribution in [-0.4, -0.2) is 37.0 Å².